The molecular formula is C17H21N3O. The van der Waals surface area contributed by atoms with Crippen molar-refractivity contribution in [3.63, 3.8) is 0 Å². The van der Waals surface area contributed by atoms with Crippen molar-refractivity contribution < 1.29 is 5.11 Å². The van der Waals surface area contributed by atoms with Gasteiger partial charge in [0.05, 0.1) is 0 Å². The Kier molecular flexibility index (Phi) is 4.82. The molecule has 2 aromatic carbocycles. The Morgan fingerprint density at radius 1 is 1.14 bits per heavy atom. The standard InChI is InChI=1S/C17H21N3O/c1-12-8-13(2)10-15(9-12)20-17(18)19-7-6-14-4-3-5-16(21)11-14/h3-5,8-11,21H,6-7H2,1-2H3,(H3,18,19,20). The van der Waals surface area contributed by atoms with Crippen LogP contribution < -0.4 is 11.1 Å². The Labute approximate surface area is 125 Å². The van der Waals surface area contributed by atoms with Gasteiger partial charge in [-0.15, -0.1) is 0 Å². The lowest BCUT2D eigenvalue weighted by atomic mass is 10.1. The summed E-state index contributed by atoms with van der Waals surface area (Å²) in [7, 11) is 0. The van der Waals surface area contributed by atoms with Crippen LogP contribution in [0.2, 0.25) is 0 Å². The molecule has 0 spiro atoms. The third-order valence-electron chi connectivity index (χ3n) is 3.09. The summed E-state index contributed by atoms with van der Waals surface area (Å²) in [5, 5.41) is 12.5. The maximum absolute atomic E-state index is 9.40. The lowest BCUT2D eigenvalue weighted by molar-refractivity contribution is 0.474. The zero-order chi connectivity index (χ0) is 15.2. The van der Waals surface area contributed by atoms with E-state index in [1.165, 1.54) is 11.1 Å². The number of guanidine groups is 1. The molecule has 0 saturated carbocycles. The maximum Gasteiger partial charge on any atom is 0.193 e. The lowest BCUT2D eigenvalue weighted by Crippen LogP contribution is -2.23. The van der Waals surface area contributed by atoms with Gasteiger partial charge in [0.25, 0.3) is 0 Å². The second-order valence-corrected chi connectivity index (χ2v) is 5.19. The molecule has 4 heteroatoms. The Hall–Kier alpha value is -2.49. The first kappa shape index (κ1) is 14.9. The molecule has 0 aromatic heterocycles. The molecule has 0 radical (unpaired) electrons. The largest absolute Gasteiger partial charge is 0.508 e. The highest BCUT2D eigenvalue weighted by Gasteiger charge is 1.98. The Bertz CT molecular complexity index is 630. The van der Waals surface area contributed by atoms with Crippen molar-refractivity contribution in [3.05, 3.63) is 59.2 Å². The molecule has 0 heterocycles. The minimum Gasteiger partial charge on any atom is -0.508 e. The number of nitrogens with zero attached hydrogens (tertiary/aromatic N) is 1. The van der Waals surface area contributed by atoms with Crippen LogP contribution in [0.25, 0.3) is 0 Å². The van der Waals surface area contributed by atoms with Gasteiger partial charge in [-0.25, -0.2) is 0 Å². The fourth-order valence-electron chi connectivity index (χ4n) is 2.25. The number of hydrogen-bond donors (Lipinski definition) is 3. The molecule has 0 aliphatic carbocycles. The summed E-state index contributed by atoms with van der Waals surface area (Å²) in [4.78, 5) is 4.31. The SMILES string of the molecule is Cc1cc(C)cc(NC(N)=NCCc2cccc(O)c2)c1. The van der Waals surface area contributed by atoms with Gasteiger partial charge in [0.15, 0.2) is 5.96 Å². The molecule has 21 heavy (non-hydrogen) atoms. The van der Waals surface area contributed by atoms with Gasteiger partial charge in [0, 0.05) is 12.2 Å². The van der Waals surface area contributed by atoms with E-state index in [4.69, 9.17) is 5.73 Å². The van der Waals surface area contributed by atoms with Crippen LogP contribution in [0.1, 0.15) is 16.7 Å². The predicted octanol–water partition coefficient (Wildman–Crippen LogP) is 2.98. The number of nitrogens with two attached hydrogens (primary N) is 1. The van der Waals surface area contributed by atoms with Crippen LogP contribution in [0, 0.1) is 13.8 Å². The van der Waals surface area contributed by atoms with E-state index in [2.05, 4.69) is 16.4 Å². The lowest BCUT2D eigenvalue weighted by Gasteiger charge is -2.08. The number of aliphatic imine (C=N–C) groups is 1. The van der Waals surface area contributed by atoms with Crippen LogP contribution in [-0.4, -0.2) is 17.6 Å². The van der Waals surface area contributed by atoms with E-state index in [1.54, 1.807) is 12.1 Å². The van der Waals surface area contributed by atoms with Crippen molar-refractivity contribution in [1.82, 2.24) is 0 Å². The van der Waals surface area contributed by atoms with E-state index in [9.17, 15) is 5.11 Å². The van der Waals surface area contributed by atoms with Crippen LogP contribution in [-0.2, 0) is 6.42 Å². The van der Waals surface area contributed by atoms with E-state index >= 15 is 0 Å². The van der Waals surface area contributed by atoms with Crippen molar-refractivity contribution in [3.8, 4) is 5.75 Å². The number of anilines is 1. The van der Waals surface area contributed by atoms with Crippen molar-refractivity contribution in [2.75, 3.05) is 11.9 Å². The number of benzene rings is 2. The van der Waals surface area contributed by atoms with Crippen LogP contribution >= 0.6 is 0 Å². The minimum atomic E-state index is 0.276. The average Bonchev–Trinajstić information content (AvgIpc) is 2.37. The number of nitrogens with one attached hydrogen (secondary N) is 1. The van der Waals surface area contributed by atoms with Crippen LogP contribution in [0.3, 0.4) is 0 Å². The molecule has 110 valence electrons. The first-order valence-electron chi connectivity index (χ1n) is 6.96. The summed E-state index contributed by atoms with van der Waals surface area (Å²) >= 11 is 0. The Morgan fingerprint density at radius 2 is 1.86 bits per heavy atom. The quantitative estimate of drug-likeness (QED) is 0.597. The second-order valence-electron chi connectivity index (χ2n) is 5.19. The summed E-state index contributed by atoms with van der Waals surface area (Å²) in [6.07, 6.45) is 0.740. The van der Waals surface area contributed by atoms with E-state index in [0.717, 1.165) is 17.7 Å². The van der Waals surface area contributed by atoms with Crippen molar-refractivity contribution in [2.45, 2.75) is 20.3 Å². The molecule has 4 nitrogen and oxygen atoms in total. The van der Waals surface area contributed by atoms with Crippen LogP contribution in [0.4, 0.5) is 5.69 Å². The summed E-state index contributed by atoms with van der Waals surface area (Å²) in [5.41, 5.74) is 10.2. The zero-order valence-electron chi connectivity index (χ0n) is 12.4. The summed E-state index contributed by atoms with van der Waals surface area (Å²) in [6.45, 7) is 4.67. The first-order valence-corrected chi connectivity index (χ1v) is 6.96. The molecule has 4 N–H and O–H groups in total. The number of phenols is 1. The van der Waals surface area contributed by atoms with E-state index in [1.807, 2.05) is 38.1 Å². The highest BCUT2D eigenvalue weighted by atomic mass is 16.3. The molecule has 0 aliphatic heterocycles. The molecule has 0 amide bonds. The zero-order valence-corrected chi connectivity index (χ0v) is 12.4. The van der Waals surface area contributed by atoms with Gasteiger partial charge in [-0.3, -0.25) is 4.99 Å². The molecular weight excluding hydrogens is 262 g/mol. The van der Waals surface area contributed by atoms with Gasteiger partial charge in [-0.1, -0.05) is 18.2 Å². The molecule has 0 aliphatic rings. The van der Waals surface area contributed by atoms with Gasteiger partial charge in [0.2, 0.25) is 0 Å². The Morgan fingerprint density at radius 3 is 2.52 bits per heavy atom. The Balaban J connectivity index is 1.92. The second kappa shape index (κ2) is 6.79. The fourth-order valence-corrected chi connectivity index (χ4v) is 2.25. The smallest absolute Gasteiger partial charge is 0.193 e. The number of hydrogen-bond acceptors (Lipinski definition) is 2. The van der Waals surface area contributed by atoms with Crippen LogP contribution in [0.15, 0.2) is 47.5 Å². The third-order valence-corrected chi connectivity index (χ3v) is 3.09. The number of rotatable bonds is 4. The average molecular weight is 283 g/mol. The first-order chi connectivity index (χ1) is 10.0. The van der Waals surface area contributed by atoms with Crippen molar-refractivity contribution in [1.29, 1.82) is 0 Å². The van der Waals surface area contributed by atoms with Crippen LogP contribution in [0.5, 0.6) is 5.75 Å². The third kappa shape index (κ3) is 4.84. The molecule has 2 aromatic rings. The maximum atomic E-state index is 9.40. The summed E-state index contributed by atoms with van der Waals surface area (Å²) in [5.74, 6) is 0.679. The number of phenolic OH excluding ortho intramolecular Hbond substituents is 1. The van der Waals surface area contributed by atoms with E-state index < -0.39 is 0 Å². The molecule has 0 bridgehead atoms. The van der Waals surface area contributed by atoms with Crippen molar-refractivity contribution >= 4 is 11.6 Å². The van der Waals surface area contributed by atoms with E-state index in [0.29, 0.717) is 12.5 Å². The summed E-state index contributed by atoms with van der Waals surface area (Å²) in [6, 6.07) is 13.4. The van der Waals surface area contributed by atoms with Gasteiger partial charge < -0.3 is 16.2 Å². The molecule has 0 fully saturated rings. The number of aromatic hydroxyl groups is 1. The van der Waals surface area contributed by atoms with Gasteiger partial charge in [-0.05, 0) is 61.2 Å². The molecule has 0 saturated heterocycles. The highest BCUT2D eigenvalue weighted by molar-refractivity contribution is 5.92. The van der Waals surface area contributed by atoms with Gasteiger partial charge in [0.1, 0.15) is 5.75 Å². The number of aryl methyl sites for hydroxylation is 2. The minimum absolute atomic E-state index is 0.276. The molecule has 2 rings (SSSR count). The fraction of sp³-hybridized carbons (Fsp3) is 0.235. The predicted molar refractivity (Wildman–Crippen MR) is 87.8 cm³/mol. The van der Waals surface area contributed by atoms with Gasteiger partial charge >= 0.3 is 0 Å². The normalized spacial score (nSPS) is 11.4. The van der Waals surface area contributed by atoms with Gasteiger partial charge in [-0.2, -0.15) is 0 Å². The molecule has 0 unspecified atom stereocenters. The molecule has 0 atom stereocenters. The van der Waals surface area contributed by atoms with Crippen molar-refractivity contribution in [2.24, 2.45) is 10.7 Å². The topological polar surface area (TPSA) is 70.6 Å². The summed E-state index contributed by atoms with van der Waals surface area (Å²) < 4.78 is 0. The van der Waals surface area contributed by atoms with E-state index in [-0.39, 0.29) is 5.75 Å². The monoisotopic (exact) mass is 283 g/mol. The highest BCUT2D eigenvalue weighted by Crippen LogP contribution is 2.13.